The second kappa shape index (κ2) is 6.10. The fraction of sp³-hybridized carbons (Fsp3) is 0.357. The Labute approximate surface area is 107 Å². The van der Waals surface area contributed by atoms with Crippen LogP contribution in [-0.2, 0) is 0 Å². The first-order valence-electron chi connectivity index (χ1n) is 6.32. The average Bonchev–Trinajstić information content (AvgIpc) is 2.89. The van der Waals surface area contributed by atoms with Crippen molar-refractivity contribution >= 4 is 5.78 Å². The Morgan fingerprint density at radius 1 is 1.22 bits per heavy atom. The number of unbranched alkanes of at least 4 members (excludes halogenated alkanes) is 2. The third kappa shape index (κ3) is 3.03. The van der Waals surface area contributed by atoms with E-state index in [1.165, 1.54) is 4.80 Å². The molecule has 4 nitrogen and oxygen atoms in total. The summed E-state index contributed by atoms with van der Waals surface area (Å²) in [4.78, 5) is 13.3. The minimum absolute atomic E-state index is 0.0747. The number of ketones is 1. The second-order valence-corrected chi connectivity index (χ2v) is 4.24. The molecule has 0 atom stereocenters. The minimum Gasteiger partial charge on any atom is -0.292 e. The molecule has 4 heteroatoms. The molecule has 0 saturated heterocycles. The smallest absolute Gasteiger partial charge is 0.184 e. The number of carbonyl (C=O) groups excluding carboxylic acids is 1. The van der Waals surface area contributed by atoms with Gasteiger partial charge in [-0.25, -0.2) is 0 Å². The van der Waals surface area contributed by atoms with Crippen molar-refractivity contribution in [1.82, 2.24) is 15.0 Å². The first-order chi connectivity index (χ1) is 8.81. The van der Waals surface area contributed by atoms with Gasteiger partial charge >= 0.3 is 0 Å². The molecule has 2 rings (SSSR count). The predicted octanol–water partition coefficient (Wildman–Crippen LogP) is 3.03. The van der Waals surface area contributed by atoms with Gasteiger partial charge in [-0.05, 0) is 18.6 Å². The first kappa shape index (κ1) is 12.5. The predicted molar refractivity (Wildman–Crippen MR) is 69.8 cm³/mol. The summed E-state index contributed by atoms with van der Waals surface area (Å²) in [5.41, 5.74) is 1.32. The number of aromatic nitrogens is 3. The van der Waals surface area contributed by atoms with Crippen molar-refractivity contribution in [3.05, 3.63) is 42.2 Å². The van der Waals surface area contributed by atoms with Crippen molar-refractivity contribution in [2.75, 3.05) is 0 Å². The molecule has 1 aromatic heterocycles. The Hall–Kier alpha value is -1.97. The molecule has 0 aliphatic rings. The van der Waals surface area contributed by atoms with Crippen LogP contribution in [0, 0.1) is 0 Å². The zero-order valence-electron chi connectivity index (χ0n) is 10.5. The number of nitrogens with zero attached hydrogens (tertiary/aromatic N) is 3. The summed E-state index contributed by atoms with van der Waals surface area (Å²) in [6.45, 7) is 2.12. The number of benzene rings is 1. The molecule has 1 heterocycles. The molecular weight excluding hydrogens is 226 g/mol. The third-order valence-electron chi connectivity index (χ3n) is 2.77. The largest absolute Gasteiger partial charge is 0.292 e. The maximum absolute atomic E-state index is 11.8. The monoisotopic (exact) mass is 243 g/mol. The van der Waals surface area contributed by atoms with Gasteiger partial charge in [-0.15, -0.1) is 5.10 Å². The van der Waals surface area contributed by atoms with Crippen LogP contribution in [0.15, 0.2) is 36.5 Å². The number of para-hydroxylation sites is 1. The van der Waals surface area contributed by atoms with Gasteiger partial charge < -0.3 is 0 Å². The van der Waals surface area contributed by atoms with Crippen molar-refractivity contribution in [2.45, 2.75) is 32.6 Å². The molecule has 94 valence electrons. The molecule has 2 aromatic rings. The van der Waals surface area contributed by atoms with Crippen LogP contribution in [0.25, 0.3) is 5.69 Å². The van der Waals surface area contributed by atoms with E-state index in [-0.39, 0.29) is 5.78 Å². The zero-order chi connectivity index (χ0) is 12.8. The normalized spacial score (nSPS) is 10.5. The van der Waals surface area contributed by atoms with Crippen LogP contribution in [0.5, 0.6) is 0 Å². The van der Waals surface area contributed by atoms with E-state index < -0.39 is 0 Å². The Morgan fingerprint density at radius 2 is 2.00 bits per heavy atom. The molecule has 0 bridgehead atoms. The highest BCUT2D eigenvalue weighted by Gasteiger charge is 2.10. The lowest BCUT2D eigenvalue weighted by Crippen LogP contribution is -2.03. The molecule has 18 heavy (non-hydrogen) atoms. The SMILES string of the molecule is CCCCCC(=O)c1cnn(-c2ccccc2)n1. The number of carbonyl (C=O) groups is 1. The van der Waals surface area contributed by atoms with Crippen molar-refractivity contribution in [3.8, 4) is 5.69 Å². The summed E-state index contributed by atoms with van der Waals surface area (Å²) < 4.78 is 0. The maximum Gasteiger partial charge on any atom is 0.184 e. The van der Waals surface area contributed by atoms with Gasteiger partial charge in [0.15, 0.2) is 5.78 Å². The van der Waals surface area contributed by atoms with Gasteiger partial charge in [0.2, 0.25) is 0 Å². The standard InChI is InChI=1S/C14H17N3O/c1-2-3-5-10-14(18)13-11-15-17(16-13)12-8-6-4-7-9-12/h4,6-9,11H,2-3,5,10H2,1H3. The van der Waals surface area contributed by atoms with Gasteiger partial charge in [-0.2, -0.15) is 9.90 Å². The molecule has 0 aliphatic heterocycles. The lowest BCUT2D eigenvalue weighted by molar-refractivity contribution is 0.0974. The maximum atomic E-state index is 11.8. The summed E-state index contributed by atoms with van der Waals surface area (Å²) in [5, 5.41) is 8.34. The number of hydrogen-bond donors (Lipinski definition) is 0. The lowest BCUT2D eigenvalue weighted by atomic mass is 10.1. The molecule has 0 N–H and O–H groups in total. The van der Waals surface area contributed by atoms with Crippen molar-refractivity contribution < 1.29 is 4.79 Å². The van der Waals surface area contributed by atoms with Crippen LogP contribution in [0.2, 0.25) is 0 Å². The summed E-state index contributed by atoms with van der Waals surface area (Å²) in [6, 6.07) is 9.59. The molecule has 1 aromatic carbocycles. The van der Waals surface area contributed by atoms with Crippen LogP contribution in [0.3, 0.4) is 0 Å². The molecule has 0 saturated carbocycles. The van der Waals surface area contributed by atoms with Crippen LogP contribution in [0.1, 0.15) is 43.1 Å². The van der Waals surface area contributed by atoms with E-state index in [0.717, 1.165) is 24.9 Å². The fourth-order valence-electron chi connectivity index (χ4n) is 1.74. The highest BCUT2D eigenvalue weighted by atomic mass is 16.1. The molecular formula is C14H17N3O. The molecule has 0 spiro atoms. The minimum atomic E-state index is 0.0747. The zero-order valence-corrected chi connectivity index (χ0v) is 10.5. The van der Waals surface area contributed by atoms with Gasteiger partial charge in [0.1, 0.15) is 5.69 Å². The summed E-state index contributed by atoms with van der Waals surface area (Å²) in [7, 11) is 0. The Balaban J connectivity index is 2.04. The molecule has 0 aliphatic carbocycles. The highest BCUT2D eigenvalue weighted by Crippen LogP contribution is 2.08. The van der Waals surface area contributed by atoms with Gasteiger partial charge in [0.05, 0.1) is 11.9 Å². The van der Waals surface area contributed by atoms with Crippen molar-refractivity contribution in [3.63, 3.8) is 0 Å². The van der Waals surface area contributed by atoms with Crippen molar-refractivity contribution in [2.24, 2.45) is 0 Å². The van der Waals surface area contributed by atoms with Gasteiger partial charge in [-0.1, -0.05) is 38.0 Å². The van der Waals surface area contributed by atoms with E-state index in [1.54, 1.807) is 6.20 Å². The van der Waals surface area contributed by atoms with Crippen LogP contribution in [0.4, 0.5) is 0 Å². The summed E-state index contributed by atoms with van der Waals surface area (Å²) in [5.74, 6) is 0.0747. The fourth-order valence-corrected chi connectivity index (χ4v) is 1.74. The first-order valence-corrected chi connectivity index (χ1v) is 6.32. The molecule has 0 radical (unpaired) electrons. The van der Waals surface area contributed by atoms with E-state index in [9.17, 15) is 4.79 Å². The Bertz CT molecular complexity index is 505. The van der Waals surface area contributed by atoms with E-state index in [1.807, 2.05) is 30.3 Å². The van der Waals surface area contributed by atoms with Crippen LogP contribution >= 0.6 is 0 Å². The van der Waals surface area contributed by atoms with Crippen LogP contribution in [-0.4, -0.2) is 20.8 Å². The Morgan fingerprint density at radius 3 is 2.72 bits per heavy atom. The third-order valence-corrected chi connectivity index (χ3v) is 2.77. The van der Waals surface area contributed by atoms with E-state index in [2.05, 4.69) is 17.1 Å². The summed E-state index contributed by atoms with van der Waals surface area (Å²) in [6.07, 6.45) is 5.22. The summed E-state index contributed by atoms with van der Waals surface area (Å²) >= 11 is 0. The Kier molecular flexibility index (Phi) is 4.23. The second-order valence-electron chi connectivity index (χ2n) is 4.24. The lowest BCUT2D eigenvalue weighted by Gasteiger charge is -1.98. The molecule has 0 amide bonds. The quantitative estimate of drug-likeness (QED) is 0.578. The van der Waals surface area contributed by atoms with Gasteiger partial charge in [-0.3, -0.25) is 4.79 Å². The number of rotatable bonds is 6. The van der Waals surface area contributed by atoms with E-state index >= 15 is 0 Å². The number of Topliss-reactive ketones (excluding diaryl/α,β-unsaturated/α-hetero) is 1. The van der Waals surface area contributed by atoms with Crippen LogP contribution < -0.4 is 0 Å². The topological polar surface area (TPSA) is 47.8 Å². The highest BCUT2D eigenvalue weighted by molar-refractivity contribution is 5.93. The van der Waals surface area contributed by atoms with Crippen molar-refractivity contribution in [1.29, 1.82) is 0 Å². The number of hydrogen-bond acceptors (Lipinski definition) is 3. The molecule has 0 unspecified atom stereocenters. The molecule has 0 fully saturated rings. The van der Waals surface area contributed by atoms with E-state index in [4.69, 9.17) is 0 Å². The van der Waals surface area contributed by atoms with Gasteiger partial charge in [0, 0.05) is 6.42 Å². The van der Waals surface area contributed by atoms with E-state index in [0.29, 0.717) is 12.1 Å². The average molecular weight is 243 g/mol. The van der Waals surface area contributed by atoms with Gasteiger partial charge in [0.25, 0.3) is 0 Å².